The summed E-state index contributed by atoms with van der Waals surface area (Å²) in [7, 11) is 1.45. The van der Waals surface area contributed by atoms with Gasteiger partial charge in [0, 0.05) is 12.2 Å². The molecule has 0 aliphatic carbocycles. The van der Waals surface area contributed by atoms with Gasteiger partial charge in [-0.2, -0.15) is 0 Å². The molecule has 0 fully saturated rings. The van der Waals surface area contributed by atoms with Crippen LogP contribution in [-0.4, -0.2) is 38.0 Å². The number of esters is 1. The number of hydrogen-bond acceptors (Lipinski definition) is 5. The van der Waals surface area contributed by atoms with E-state index in [9.17, 15) is 18.8 Å². The average Bonchev–Trinajstić information content (AvgIpc) is 2.69. The van der Waals surface area contributed by atoms with Gasteiger partial charge in [-0.25, -0.2) is 4.39 Å². The molecule has 0 saturated carbocycles. The van der Waals surface area contributed by atoms with Crippen molar-refractivity contribution in [1.29, 1.82) is 0 Å². The van der Waals surface area contributed by atoms with E-state index in [0.29, 0.717) is 11.3 Å². The fourth-order valence-electron chi connectivity index (χ4n) is 2.19. The molecule has 7 nitrogen and oxygen atoms in total. The van der Waals surface area contributed by atoms with Crippen LogP contribution < -0.4 is 15.4 Å². The zero-order valence-electron chi connectivity index (χ0n) is 15.0. The third kappa shape index (κ3) is 6.24. The molecule has 2 amide bonds. The number of anilines is 1. The third-order valence-electron chi connectivity index (χ3n) is 3.53. The molecule has 0 aliphatic rings. The van der Waals surface area contributed by atoms with Crippen molar-refractivity contribution in [3.63, 3.8) is 0 Å². The standard InChI is InChI=1S/C19H18ClFN2O5/c1-27-16-5-3-2-4-13(16)19(26)22-9-8-18(25)28-11-17(24)23-12-6-7-15(21)14(20)10-12/h2-7,10H,8-9,11H2,1H3,(H,22,26)(H,23,24). The van der Waals surface area contributed by atoms with E-state index >= 15 is 0 Å². The van der Waals surface area contributed by atoms with Gasteiger partial charge < -0.3 is 20.1 Å². The highest BCUT2D eigenvalue weighted by molar-refractivity contribution is 6.31. The molecule has 28 heavy (non-hydrogen) atoms. The van der Waals surface area contributed by atoms with Crippen LogP contribution in [0.4, 0.5) is 10.1 Å². The van der Waals surface area contributed by atoms with Crippen LogP contribution in [-0.2, 0) is 14.3 Å². The minimum Gasteiger partial charge on any atom is -0.496 e. The predicted molar refractivity (Wildman–Crippen MR) is 101 cm³/mol. The molecule has 0 spiro atoms. The first kappa shape index (κ1) is 21.2. The van der Waals surface area contributed by atoms with Crippen LogP contribution in [0.25, 0.3) is 0 Å². The van der Waals surface area contributed by atoms with Gasteiger partial charge in [-0.3, -0.25) is 14.4 Å². The first-order chi connectivity index (χ1) is 13.4. The highest BCUT2D eigenvalue weighted by Gasteiger charge is 2.13. The zero-order valence-corrected chi connectivity index (χ0v) is 15.7. The molecule has 0 aliphatic heterocycles. The molecule has 0 radical (unpaired) electrons. The molecule has 148 valence electrons. The molecular weight excluding hydrogens is 391 g/mol. The van der Waals surface area contributed by atoms with Gasteiger partial charge in [-0.15, -0.1) is 0 Å². The number of nitrogens with one attached hydrogen (secondary N) is 2. The monoisotopic (exact) mass is 408 g/mol. The van der Waals surface area contributed by atoms with Crippen LogP contribution >= 0.6 is 11.6 Å². The smallest absolute Gasteiger partial charge is 0.308 e. The number of halogens is 2. The quantitative estimate of drug-likeness (QED) is 0.655. The maximum Gasteiger partial charge on any atom is 0.308 e. The Bertz CT molecular complexity index is 875. The summed E-state index contributed by atoms with van der Waals surface area (Å²) in [6.07, 6.45) is -0.115. The van der Waals surface area contributed by atoms with Gasteiger partial charge in [0.15, 0.2) is 6.61 Å². The number of methoxy groups -OCH3 is 1. The van der Waals surface area contributed by atoms with Crippen LogP contribution in [0.5, 0.6) is 5.75 Å². The first-order valence-electron chi connectivity index (χ1n) is 8.22. The van der Waals surface area contributed by atoms with Crippen LogP contribution in [0.15, 0.2) is 42.5 Å². The molecular formula is C19H18ClFN2O5. The number of amides is 2. The summed E-state index contributed by atoms with van der Waals surface area (Å²) in [4.78, 5) is 35.5. The van der Waals surface area contributed by atoms with Crippen LogP contribution in [0, 0.1) is 5.82 Å². The maximum atomic E-state index is 13.1. The third-order valence-corrected chi connectivity index (χ3v) is 3.82. The van der Waals surface area contributed by atoms with E-state index in [4.69, 9.17) is 21.1 Å². The molecule has 9 heteroatoms. The first-order valence-corrected chi connectivity index (χ1v) is 8.60. The second-order valence-corrected chi connectivity index (χ2v) is 5.95. The molecule has 2 N–H and O–H groups in total. The Morgan fingerprint density at radius 1 is 1.14 bits per heavy atom. The second-order valence-electron chi connectivity index (χ2n) is 5.54. The van der Waals surface area contributed by atoms with E-state index in [1.165, 1.54) is 19.2 Å². The van der Waals surface area contributed by atoms with Crippen molar-refractivity contribution in [3.8, 4) is 5.75 Å². The molecule has 0 unspecified atom stereocenters. The van der Waals surface area contributed by atoms with E-state index < -0.39 is 30.2 Å². The lowest BCUT2D eigenvalue weighted by Crippen LogP contribution is -2.28. The molecule has 0 heterocycles. The summed E-state index contributed by atoms with van der Waals surface area (Å²) < 4.78 is 23.0. The van der Waals surface area contributed by atoms with Crippen LogP contribution in [0.2, 0.25) is 5.02 Å². The van der Waals surface area contributed by atoms with Crippen LogP contribution in [0.1, 0.15) is 16.8 Å². The summed E-state index contributed by atoms with van der Waals surface area (Å²) in [5, 5.41) is 4.86. The molecule has 0 saturated heterocycles. The number of para-hydroxylation sites is 1. The minimum absolute atomic E-state index is 0.0326. The van der Waals surface area contributed by atoms with Crippen molar-refractivity contribution >= 4 is 35.1 Å². The Balaban J connectivity index is 1.71. The molecule has 0 aromatic heterocycles. The Hall–Kier alpha value is -3.13. The normalized spacial score (nSPS) is 10.1. The highest BCUT2D eigenvalue weighted by Crippen LogP contribution is 2.19. The van der Waals surface area contributed by atoms with Crippen molar-refractivity contribution in [3.05, 3.63) is 58.9 Å². The van der Waals surface area contributed by atoms with E-state index in [-0.39, 0.29) is 23.7 Å². The number of ether oxygens (including phenoxy) is 2. The van der Waals surface area contributed by atoms with Crippen LogP contribution in [0.3, 0.4) is 0 Å². The van der Waals surface area contributed by atoms with E-state index in [1.54, 1.807) is 24.3 Å². The number of carbonyl (C=O) groups excluding carboxylic acids is 3. The fourth-order valence-corrected chi connectivity index (χ4v) is 2.38. The average molecular weight is 409 g/mol. The molecule has 2 aromatic rings. The van der Waals surface area contributed by atoms with Crippen molar-refractivity contribution < 1.29 is 28.2 Å². The summed E-state index contributed by atoms with van der Waals surface area (Å²) in [5.41, 5.74) is 0.618. The lowest BCUT2D eigenvalue weighted by atomic mass is 10.2. The van der Waals surface area contributed by atoms with Crippen molar-refractivity contribution in [1.82, 2.24) is 5.32 Å². The summed E-state index contributed by atoms with van der Waals surface area (Å²) in [6, 6.07) is 10.3. The Kier molecular flexibility index (Phi) is 7.76. The summed E-state index contributed by atoms with van der Waals surface area (Å²) >= 11 is 5.62. The molecule has 2 aromatic carbocycles. The van der Waals surface area contributed by atoms with E-state index in [1.807, 2.05) is 0 Å². The van der Waals surface area contributed by atoms with Gasteiger partial charge in [0.2, 0.25) is 0 Å². The lowest BCUT2D eigenvalue weighted by molar-refractivity contribution is -0.147. The number of hydrogen-bond donors (Lipinski definition) is 2. The Morgan fingerprint density at radius 2 is 1.89 bits per heavy atom. The van der Waals surface area contributed by atoms with Gasteiger partial charge in [0.05, 0.1) is 24.1 Å². The molecule has 0 atom stereocenters. The van der Waals surface area contributed by atoms with Gasteiger partial charge >= 0.3 is 5.97 Å². The highest BCUT2D eigenvalue weighted by atomic mass is 35.5. The van der Waals surface area contributed by atoms with Gasteiger partial charge in [-0.05, 0) is 30.3 Å². The topological polar surface area (TPSA) is 93.7 Å². The van der Waals surface area contributed by atoms with E-state index in [0.717, 1.165) is 6.07 Å². The van der Waals surface area contributed by atoms with Crippen molar-refractivity contribution in [2.75, 3.05) is 25.6 Å². The Labute approximate surface area is 165 Å². The number of rotatable bonds is 8. The van der Waals surface area contributed by atoms with Crippen molar-refractivity contribution in [2.45, 2.75) is 6.42 Å². The molecule has 0 bridgehead atoms. The second kappa shape index (κ2) is 10.3. The minimum atomic E-state index is -0.660. The van der Waals surface area contributed by atoms with E-state index in [2.05, 4.69) is 10.6 Å². The van der Waals surface area contributed by atoms with Crippen molar-refractivity contribution in [2.24, 2.45) is 0 Å². The summed E-state index contributed by atoms with van der Waals surface area (Å²) in [5.74, 6) is -1.85. The lowest BCUT2D eigenvalue weighted by Gasteiger charge is -2.09. The van der Waals surface area contributed by atoms with Gasteiger partial charge in [0.1, 0.15) is 11.6 Å². The maximum absolute atomic E-state index is 13.1. The SMILES string of the molecule is COc1ccccc1C(=O)NCCC(=O)OCC(=O)Nc1ccc(F)c(Cl)c1. The Morgan fingerprint density at radius 3 is 2.61 bits per heavy atom. The van der Waals surface area contributed by atoms with Gasteiger partial charge in [0.25, 0.3) is 11.8 Å². The van der Waals surface area contributed by atoms with Gasteiger partial charge in [-0.1, -0.05) is 23.7 Å². The molecule has 2 rings (SSSR count). The largest absolute Gasteiger partial charge is 0.496 e. The fraction of sp³-hybridized carbons (Fsp3) is 0.211. The predicted octanol–water partition coefficient (Wildman–Crippen LogP) is 2.79. The number of carbonyl (C=O) groups is 3. The summed E-state index contributed by atoms with van der Waals surface area (Å²) in [6.45, 7) is -0.487. The number of benzene rings is 2. The zero-order chi connectivity index (χ0) is 20.5.